The Hall–Kier alpha value is -0.610. The second kappa shape index (κ2) is 2.79. The Balaban J connectivity index is 4.67. The zero-order valence-corrected chi connectivity index (χ0v) is 7.09. The fourth-order valence-corrected chi connectivity index (χ4v) is 0.598. The number of carboxylic acids is 1. The highest BCUT2D eigenvalue weighted by atomic mass is 16.4. The fourth-order valence-electron chi connectivity index (χ4n) is 0.598. The Morgan fingerprint density at radius 3 is 2.00 bits per heavy atom. The summed E-state index contributed by atoms with van der Waals surface area (Å²) in [6.07, 6.45) is 0.312. The van der Waals surface area contributed by atoms with Crippen molar-refractivity contribution in [1.29, 1.82) is 0 Å². The maximum Gasteiger partial charge on any atom is 0.326 e. The van der Waals surface area contributed by atoms with E-state index in [-0.39, 0.29) is 0 Å². The minimum absolute atomic E-state index is 0.312. The molecule has 4 nitrogen and oxygen atoms in total. The van der Waals surface area contributed by atoms with E-state index in [0.717, 1.165) is 0 Å². The molecule has 0 saturated heterocycles. The van der Waals surface area contributed by atoms with Gasteiger partial charge in [-0.2, -0.15) is 0 Å². The van der Waals surface area contributed by atoms with Gasteiger partial charge in [0, 0.05) is 0 Å². The van der Waals surface area contributed by atoms with E-state index >= 15 is 0 Å². The Morgan fingerprint density at radius 1 is 1.55 bits per heavy atom. The predicted molar refractivity (Wildman–Crippen MR) is 41.1 cm³/mol. The molecule has 2 unspecified atom stereocenters. The van der Waals surface area contributed by atoms with E-state index in [1.807, 2.05) is 0 Å². The summed E-state index contributed by atoms with van der Waals surface area (Å²) >= 11 is 0. The van der Waals surface area contributed by atoms with Gasteiger partial charge in [0.05, 0.1) is 5.60 Å². The van der Waals surface area contributed by atoms with Crippen molar-refractivity contribution in [3.05, 3.63) is 0 Å². The fraction of sp³-hybridized carbons (Fsp3) is 0.857. The monoisotopic (exact) mass is 161 g/mol. The molecule has 0 heterocycles. The summed E-state index contributed by atoms with van der Waals surface area (Å²) in [6.45, 7) is 4.41. The molecule has 0 aliphatic carbocycles. The van der Waals surface area contributed by atoms with E-state index in [9.17, 15) is 9.90 Å². The number of hydrogen-bond donors (Lipinski definition) is 3. The van der Waals surface area contributed by atoms with Crippen molar-refractivity contribution in [2.45, 2.75) is 38.3 Å². The van der Waals surface area contributed by atoms with Crippen molar-refractivity contribution < 1.29 is 15.0 Å². The van der Waals surface area contributed by atoms with Crippen LogP contribution in [0.2, 0.25) is 0 Å². The number of carbonyl (C=O) groups is 1. The van der Waals surface area contributed by atoms with Crippen molar-refractivity contribution in [3.63, 3.8) is 0 Å². The molecule has 11 heavy (non-hydrogen) atoms. The highest BCUT2D eigenvalue weighted by Gasteiger charge is 2.45. The zero-order valence-electron chi connectivity index (χ0n) is 7.09. The molecule has 4 heteroatoms. The maximum absolute atomic E-state index is 10.5. The number of nitrogens with two attached hydrogens (primary N) is 1. The number of aliphatic hydroxyl groups is 1. The van der Waals surface area contributed by atoms with Crippen molar-refractivity contribution >= 4 is 5.97 Å². The van der Waals surface area contributed by atoms with Crippen LogP contribution in [0.25, 0.3) is 0 Å². The topological polar surface area (TPSA) is 83.5 Å². The van der Waals surface area contributed by atoms with Gasteiger partial charge in [-0.25, -0.2) is 0 Å². The van der Waals surface area contributed by atoms with Gasteiger partial charge in [-0.15, -0.1) is 0 Å². The van der Waals surface area contributed by atoms with Gasteiger partial charge < -0.3 is 15.9 Å². The third kappa shape index (κ3) is 1.70. The normalized spacial score (nSPS) is 21.9. The van der Waals surface area contributed by atoms with Gasteiger partial charge in [0.25, 0.3) is 0 Å². The number of carboxylic acid groups (broad SMARTS) is 1. The number of aliphatic carboxylic acids is 1. The van der Waals surface area contributed by atoms with E-state index in [2.05, 4.69) is 0 Å². The molecule has 0 saturated carbocycles. The smallest absolute Gasteiger partial charge is 0.326 e. The van der Waals surface area contributed by atoms with Crippen LogP contribution in [0.15, 0.2) is 0 Å². The van der Waals surface area contributed by atoms with E-state index in [1.54, 1.807) is 6.92 Å². The molecular formula is C7H15NO3. The molecule has 0 spiro atoms. The lowest BCUT2D eigenvalue weighted by molar-refractivity contribution is -0.153. The molecule has 0 aliphatic rings. The van der Waals surface area contributed by atoms with Crippen LogP contribution >= 0.6 is 0 Å². The zero-order chi connectivity index (χ0) is 9.28. The summed E-state index contributed by atoms with van der Waals surface area (Å²) in [5.74, 6) is -1.19. The molecule has 0 bridgehead atoms. The SMILES string of the molecule is CCC(C)(O)C(C)(N)C(=O)O. The van der Waals surface area contributed by atoms with E-state index < -0.39 is 17.1 Å². The van der Waals surface area contributed by atoms with Crippen LogP contribution < -0.4 is 5.73 Å². The van der Waals surface area contributed by atoms with Crippen LogP contribution in [0, 0.1) is 0 Å². The molecule has 0 rings (SSSR count). The predicted octanol–water partition coefficient (Wildman–Crippen LogP) is -0.0506. The van der Waals surface area contributed by atoms with Gasteiger partial charge in [-0.3, -0.25) is 4.79 Å². The van der Waals surface area contributed by atoms with Gasteiger partial charge in [0.1, 0.15) is 5.54 Å². The maximum atomic E-state index is 10.5. The van der Waals surface area contributed by atoms with Gasteiger partial charge in [-0.05, 0) is 20.3 Å². The van der Waals surface area contributed by atoms with Crippen LogP contribution in [0.1, 0.15) is 27.2 Å². The van der Waals surface area contributed by atoms with Gasteiger partial charge >= 0.3 is 5.97 Å². The summed E-state index contributed by atoms with van der Waals surface area (Å²) in [5, 5.41) is 18.1. The van der Waals surface area contributed by atoms with Crippen LogP contribution in [-0.4, -0.2) is 27.3 Å². The van der Waals surface area contributed by atoms with Crippen LogP contribution in [0.3, 0.4) is 0 Å². The lowest BCUT2D eigenvalue weighted by Crippen LogP contribution is -2.61. The van der Waals surface area contributed by atoms with Gasteiger partial charge in [0.15, 0.2) is 0 Å². The van der Waals surface area contributed by atoms with Crippen molar-refractivity contribution in [2.75, 3.05) is 0 Å². The van der Waals surface area contributed by atoms with E-state index in [4.69, 9.17) is 10.8 Å². The molecule has 0 fully saturated rings. The summed E-state index contributed by atoms with van der Waals surface area (Å²) in [6, 6.07) is 0. The minimum Gasteiger partial charge on any atom is -0.480 e. The minimum atomic E-state index is -1.58. The first kappa shape index (κ1) is 10.4. The van der Waals surface area contributed by atoms with Gasteiger partial charge in [0.2, 0.25) is 0 Å². The van der Waals surface area contributed by atoms with Crippen LogP contribution in [0.4, 0.5) is 0 Å². The highest BCUT2D eigenvalue weighted by Crippen LogP contribution is 2.22. The molecule has 0 aliphatic heterocycles. The van der Waals surface area contributed by atoms with Crippen LogP contribution in [0.5, 0.6) is 0 Å². The standard InChI is InChI=1S/C7H15NO3/c1-4-6(2,11)7(3,8)5(9)10/h11H,4,8H2,1-3H3,(H,9,10). The molecule has 4 N–H and O–H groups in total. The Bertz CT molecular complexity index is 163. The van der Waals surface area contributed by atoms with Crippen molar-refractivity contribution in [3.8, 4) is 0 Å². The number of hydrogen-bond acceptors (Lipinski definition) is 3. The second-order valence-corrected chi connectivity index (χ2v) is 3.13. The van der Waals surface area contributed by atoms with Crippen molar-refractivity contribution in [2.24, 2.45) is 5.73 Å². The lowest BCUT2D eigenvalue weighted by Gasteiger charge is -2.35. The average molecular weight is 161 g/mol. The van der Waals surface area contributed by atoms with E-state index in [0.29, 0.717) is 6.42 Å². The lowest BCUT2D eigenvalue weighted by atomic mass is 9.81. The number of rotatable bonds is 3. The molecule has 0 aromatic rings. The Labute approximate surface area is 66.0 Å². The highest BCUT2D eigenvalue weighted by molar-refractivity contribution is 5.79. The third-order valence-electron chi connectivity index (χ3n) is 2.25. The first-order chi connectivity index (χ1) is 4.75. The van der Waals surface area contributed by atoms with E-state index in [1.165, 1.54) is 13.8 Å². The van der Waals surface area contributed by atoms with Crippen LogP contribution in [-0.2, 0) is 4.79 Å². The van der Waals surface area contributed by atoms with Gasteiger partial charge in [-0.1, -0.05) is 6.92 Å². The molecule has 0 amide bonds. The average Bonchev–Trinajstić information content (AvgIpc) is 1.87. The molecule has 0 aromatic carbocycles. The summed E-state index contributed by atoms with van der Waals surface area (Å²) in [4.78, 5) is 10.5. The molecule has 2 atom stereocenters. The molecule has 66 valence electrons. The largest absolute Gasteiger partial charge is 0.480 e. The summed E-state index contributed by atoms with van der Waals surface area (Å²) in [5.41, 5.74) is 2.45. The van der Waals surface area contributed by atoms with Crippen molar-refractivity contribution in [1.82, 2.24) is 0 Å². The Morgan fingerprint density at radius 2 is 1.91 bits per heavy atom. The third-order valence-corrected chi connectivity index (χ3v) is 2.25. The molecule has 0 radical (unpaired) electrons. The summed E-state index contributed by atoms with van der Waals surface area (Å²) < 4.78 is 0. The molecule has 0 aromatic heterocycles. The second-order valence-electron chi connectivity index (χ2n) is 3.13. The first-order valence-corrected chi connectivity index (χ1v) is 3.50. The summed E-state index contributed by atoms with van der Waals surface area (Å²) in [7, 11) is 0. The molecular weight excluding hydrogens is 146 g/mol. The first-order valence-electron chi connectivity index (χ1n) is 3.50. The quantitative estimate of drug-likeness (QED) is 0.542. The Kier molecular flexibility index (Phi) is 2.64.